The Balaban J connectivity index is 1.71. The van der Waals surface area contributed by atoms with Gasteiger partial charge in [0.15, 0.2) is 0 Å². The molecule has 0 saturated heterocycles. The maximum atomic E-state index is 12.8. The van der Waals surface area contributed by atoms with Gasteiger partial charge in [-0.15, -0.1) is 0 Å². The number of amides is 1. The minimum absolute atomic E-state index is 0.149. The van der Waals surface area contributed by atoms with Crippen LogP contribution in [0, 0.1) is 6.92 Å². The molecule has 1 amide bonds. The minimum atomic E-state index is -0.149. The van der Waals surface area contributed by atoms with E-state index in [2.05, 4.69) is 20.3 Å². The van der Waals surface area contributed by atoms with Gasteiger partial charge in [0.05, 0.1) is 0 Å². The van der Waals surface area contributed by atoms with Crippen LogP contribution in [0.25, 0.3) is 0 Å². The average Bonchev–Trinajstić information content (AvgIpc) is 2.66. The minimum Gasteiger partial charge on any atom is -0.340 e. The molecule has 3 rings (SSSR count). The van der Waals surface area contributed by atoms with Crippen molar-refractivity contribution in [2.45, 2.75) is 13.3 Å². The molecular formula is C20H20ClN5O. The first-order valence-corrected chi connectivity index (χ1v) is 8.92. The van der Waals surface area contributed by atoms with E-state index in [4.69, 9.17) is 11.6 Å². The van der Waals surface area contributed by atoms with Crippen molar-refractivity contribution >= 4 is 29.0 Å². The number of carbonyl (C=O) groups excluding carboxylic acids is 1. The maximum Gasteiger partial charge on any atom is 0.272 e. The van der Waals surface area contributed by atoms with Gasteiger partial charge in [0.1, 0.15) is 17.3 Å². The Kier molecular flexibility index (Phi) is 5.98. The Hall–Kier alpha value is -2.99. The fraction of sp³-hybridized carbons (Fsp3) is 0.200. The van der Waals surface area contributed by atoms with E-state index < -0.39 is 0 Å². The summed E-state index contributed by atoms with van der Waals surface area (Å²) in [4.78, 5) is 27.1. The van der Waals surface area contributed by atoms with Crippen LogP contribution < -0.4 is 5.32 Å². The second kappa shape index (κ2) is 8.60. The molecule has 3 aromatic rings. The Bertz CT molecular complexity index is 933. The number of carbonyl (C=O) groups is 1. The van der Waals surface area contributed by atoms with Gasteiger partial charge < -0.3 is 10.2 Å². The number of benzene rings is 1. The van der Waals surface area contributed by atoms with Crippen LogP contribution >= 0.6 is 11.6 Å². The van der Waals surface area contributed by atoms with Crippen molar-refractivity contribution in [3.63, 3.8) is 0 Å². The van der Waals surface area contributed by atoms with E-state index >= 15 is 0 Å². The molecule has 0 bridgehead atoms. The summed E-state index contributed by atoms with van der Waals surface area (Å²) < 4.78 is 0. The van der Waals surface area contributed by atoms with Crippen LogP contribution in [-0.4, -0.2) is 39.4 Å². The Morgan fingerprint density at radius 2 is 1.93 bits per heavy atom. The van der Waals surface area contributed by atoms with Crippen LogP contribution in [0.15, 0.2) is 54.9 Å². The van der Waals surface area contributed by atoms with Gasteiger partial charge in [-0.2, -0.15) is 0 Å². The molecule has 2 heterocycles. The summed E-state index contributed by atoms with van der Waals surface area (Å²) in [7, 11) is 1.77. The van der Waals surface area contributed by atoms with Crippen LogP contribution in [-0.2, 0) is 6.42 Å². The van der Waals surface area contributed by atoms with E-state index in [-0.39, 0.29) is 5.91 Å². The van der Waals surface area contributed by atoms with Crippen LogP contribution in [0.3, 0.4) is 0 Å². The summed E-state index contributed by atoms with van der Waals surface area (Å²) in [6.07, 6.45) is 4.25. The van der Waals surface area contributed by atoms with E-state index in [0.717, 1.165) is 17.7 Å². The Morgan fingerprint density at radius 1 is 1.15 bits per heavy atom. The number of hydrogen-bond donors (Lipinski definition) is 1. The predicted octanol–water partition coefficient (Wildman–Crippen LogP) is 3.89. The third kappa shape index (κ3) is 5.24. The van der Waals surface area contributed by atoms with Gasteiger partial charge in [-0.05, 0) is 49.2 Å². The summed E-state index contributed by atoms with van der Waals surface area (Å²) >= 11 is 6.01. The molecular weight excluding hydrogens is 362 g/mol. The zero-order valence-electron chi connectivity index (χ0n) is 15.2. The fourth-order valence-electron chi connectivity index (χ4n) is 2.60. The van der Waals surface area contributed by atoms with Gasteiger partial charge in [-0.1, -0.05) is 17.7 Å². The molecule has 0 aliphatic carbocycles. The van der Waals surface area contributed by atoms with Gasteiger partial charge in [-0.3, -0.25) is 9.78 Å². The van der Waals surface area contributed by atoms with Crippen LogP contribution in [0.1, 0.15) is 21.9 Å². The summed E-state index contributed by atoms with van der Waals surface area (Å²) in [6.45, 7) is 2.35. The smallest absolute Gasteiger partial charge is 0.272 e. The van der Waals surface area contributed by atoms with E-state index in [1.165, 1.54) is 0 Å². The number of halogens is 1. The molecule has 2 aromatic heterocycles. The molecule has 0 aliphatic rings. The lowest BCUT2D eigenvalue weighted by atomic mass is 10.2. The predicted molar refractivity (Wildman–Crippen MR) is 106 cm³/mol. The normalized spacial score (nSPS) is 10.5. The van der Waals surface area contributed by atoms with Crippen LogP contribution in [0.5, 0.6) is 0 Å². The van der Waals surface area contributed by atoms with E-state index in [1.54, 1.807) is 49.5 Å². The number of anilines is 2. The number of aryl methyl sites for hydroxylation is 1. The molecule has 0 unspecified atom stereocenters. The van der Waals surface area contributed by atoms with Crippen molar-refractivity contribution in [3.8, 4) is 0 Å². The first-order chi connectivity index (χ1) is 13.0. The molecule has 1 aromatic carbocycles. The first-order valence-electron chi connectivity index (χ1n) is 8.54. The van der Waals surface area contributed by atoms with Crippen LogP contribution in [0.4, 0.5) is 11.5 Å². The molecule has 0 radical (unpaired) electrons. The first kappa shape index (κ1) is 18.8. The molecule has 0 atom stereocenters. The highest BCUT2D eigenvalue weighted by Crippen LogP contribution is 2.19. The third-order valence-corrected chi connectivity index (χ3v) is 4.22. The topological polar surface area (TPSA) is 71.0 Å². The number of nitrogens with zero attached hydrogens (tertiary/aromatic N) is 4. The number of rotatable bonds is 6. The van der Waals surface area contributed by atoms with Crippen molar-refractivity contribution in [2.75, 3.05) is 18.9 Å². The average molecular weight is 382 g/mol. The third-order valence-electron chi connectivity index (χ3n) is 3.99. The Morgan fingerprint density at radius 3 is 2.67 bits per heavy atom. The van der Waals surface area contributed by atoms with Crippen molar-refractivity contribution in [1.82, 2.24) is 19.9 Å². The lowest BCUT2D eigenvalue weighted by Gasteiger charge is -2.17. The largest absolute Gasteiger partial charge is 0.340 e. The molecule has 0 fully saturated rings. The summed E-state index contributed by atoms with van der Waals surface area (Å²) in [5.41, 5.74) is 2.28. The second-order valence-electron chi connectivity index (χ2n) is 6.15. The molecule has 0 aliphatic heterocycles. The highest BCUT2D eigenvalue weighted by molar-refractivity contribution is 6.30. The molecule has 1 N–H and O–H groups in total. The highest BCUT2D eigenvalue weighted by Gasteiger charge is 2.15. The lowest BCUT2D eigenvalue weighted by Crippen LogP contribution is -2.30. The molecule has 6 nitrogen and oxygen atoms in total. The van der Waals surface area contributed by atoms with Crippen molar-refractivity contribution in [1.29, 1.82) is 0 Å². The van der Waals surface area contributed by atoms with E-state index in [1.807, 2.05) is 24.3 Å². The second-order valence-corrected chi connectivity index (χ2v) is 6.59. The number of aromatic nitrogens is 3. The summed E-state index contributed by atoms with van der Waals surface area (Å²) in [5, 5.41) is 3.79. The highest BCUT2D eigenvalue weighted by atomic mass is 35.5. The van der Waals surface area contributed by atoms with Gasteiger partial charge in [0.25, 0.3) is 5.91 Å². The summed E-state index contributed by atoms with van der Waals surface area (Å²) in [5.74, 6) is 0.923. The lowest BCUT2D eigenvalue weighted by molar-refractivity contribution is 0.0790. The molecule has 0 spiro atoms. The standard InChI is InChI=1S/C20H20ClN5O/c1-14-23-18(13-19(24-14)25-17-5-3-4-16(21)12-17)20(27)26(2)11-8-15-6-9-22-10-7-15/h3-7,9-10,12-13H,8,11H2,1-2H3,(H,23,24,25). The van der Waals surface area contributed by atoms with Gasteiger partial charge in [-0.25, -0.2) is 9.97 Å². The monoisotopic (exact) mass is 381 g/mol. The van der Waals surface area contributed by atoms with Gasteiger partial charge >= 0.3 is 0 Å². The maximum absolute atomic E-state index is 12.8. The van der Waals surface area contributed by atoms with E-state index in [9.17, 15) is 4.79 Å². The Labute approximate surface area is 163 Å². The van der Waals surface area contributed by atoms with Crippen molar-refractivity contribution in [3.05, 3.63) is 77.0 Å². The number of hydrogen-bond acceptors (Lipinski definition) is 5. The van der Waals surface area contributed by atoms with E-state index in [0.29, 0.717) is 28.9 Å². The fourth-order valence-corrected chi connectivity index (χ4v) is 2.79. The quantitative estimate of drug-likeness (QED) is 0.701. The molecule has 7 heteroatoms. The summed E-state index contributed by atoms with van der Waals surface area (Å²) in [6, 6.07) is 12.9. The number of nitrogens with one attached hydrogen (secondary N) is 1. The van der Waals surface area contributed by atoms with Crippen LogP contribution in [0.2, 0.25) is 5.02 Å². The van der Waals surface area contributed by atoms with Crippen molar-refractivity contribution in [2.24, 2.45) is 0 Å². The SMILES string of the molecule is Cc1nc(Nc2cccc(Cl)c2)cc(C(=O)N(C)CCc2ccncc2)n1. The van der Waals surface area contributed by atoms with Gasteiger partial charge in [0.2, 0.25) is 0 Å². The zero-order chi connectivity index (χ0) is 19.2. The van der Waals surface area contributed by atoms with Crippen molar-refractivity contribution < 1.29 is 4.79 Å². The zero-order valence-corrected chi connectivity index (χ0v) is 15.9. The van der Waals surface area contributed by atoms with Gasteiger partial charge in [0, 0.05) is 42.8 Å². The number of pyridine rings is 1. The molecule has 27 heavy (non-hydrogen) atoms. The molecule has 0 saturated carbocycles. The molecule has 138 valence electrons. The number of likely N-dealkylation sites (N-methyl/N-ethyl adjacent to an activating group) is 1.